The Morgan fingerprint density at radius 1 is 1.60 bits per heavy atom. The normalized spacial score (nSPS) is 21.7. The van der Waals surface area contributed by atoms with Crippen molar-refractivity contribution in [1.29, 1.82) is 0 Å². The number of aromatic nitrogens is 1. The average Bonchev–Trinajstić information content (AvgIpc) is 2.63. The van der Waals surface area contributed by atoms with Gasteiger partial charge in [-0.05, 0) is 25.0 Å². The zero-order chi connectivity index (χ0) is 10.8. The zero-order valence-electron chi connectivity index (χ0n) is 8.89. The van der Waals surface area contributed by atoms with E-state index in [-0.39, 0.29) is 12.0 Å². The maximum absolute atomic E-state index is 12.0. The Balaban J connectivity index is 2.11. The number of β-amino-alcohol motifs (C(OH)–C–C–N with tert-alkyl or cyclic N) is 1. The third-order valence-electron chi connectivity index (χ3n) is 2.85. The monoisotopic (exact) mass is 208 g/mol. The molecule has 2 heterocycles. The van der Waals surface area contributed by atoms with E-state index in [1.54, 1.807) is 4.90 Å². The summed E-state index contributed by atoms with van der Waals surface area (Å²) in [7, 11) is 1.85. The second-order valence-corrected chi connectivity index (χ2v) is 4.05. The number of carbonyl (C=O) groups is 1. The van der Waals surface area contributed by atoms with Gasteiger partial charge in [0.05, 0.1) is 6.10 Å². The van der Waals surface area contributed by atoms with Crippen LogP contribution in [0.25, 0.3) is 0 Å². The van der Waals surface area contributed by atoms with Gasteiger partial charge in [-0.1, -0.05) is 0 Å². The maximum atomic E-state index is 12.0. The molecule has 1 N–H and O–H groups in total. The van der Waals surface area contributed by atoms with Crippen LogP contribution in [0.3, 0.4) is 0 Å². The summed E-state index contributed by atoms with van der Waals surface area (Å²) in [6, 6.07) is 3.66. The van der Waals surface area contributed by atoms with E-state index in [4.69, 9.17) is 0 Å². The number of rotatable bonds is 1. The van der Waals surface area contributed by atoms with E-state index in [2.05, 4.69) is 0 Å². The molecule has 0 bridgehead atoms. The zero-order valence-corrected chi connectivity index (χ0v) is 8.89. The van der Waals surface area contributed by atoms with Crippen molar-refractivity contribution in [2.75, 3.05) is 13.1 Å². The number of hydrogen-bond donors (Lipinski definition) is 1. The minimum absolute atomic E-state index is 0.0150. The molecule has 1 fully saturated rings. The largest absolute Gasteiger partial charge is 0.391 e. The van der Waals surface area contributed by atoms with Crippen LogP contribution in [0.15, 0.2) is 18.3 Å². The SMILES string of the molecule is Cn1cccc1C(=O)N1CCCC(O)C1. The van der Waals surface area contributed by atoms with E-state index in [9.17, 15) is 9.90 Å². The molecule has 1 aromatic heterocycles. The minimum atomic E-state index is -0.358. The van der Waals surface area contributed by atoms with Gasteiger partial charge in [0.1, 0.15) is 5.69 Å². The molecule has 15 heavy (non-hydrogen) atoms. The summed E-state index contributed by atoms with van der Waals surface area (Å²) in [4.78, 5) is 13.7. The predicted octanol–water partition coefficient (Wildman–Crippen LogP) is 0.622. The molecule has 1 aromatic rings. The van der Waals surface area contributed by atoms with Gasteiger partial charge in [-0.3, -0.25) is 4.79 Å². The standard InChI is InChI=1S/C11H16N2O2/c1-12-6-3-5-10(12)11(15)13-7-2-4-9(14)8-13/h3,5-6,9,14H,2,4,7-8H2,1H3. The summed E-state index contributed by atoms with van der Waals surface area (Å²) < 4.78 is 1.81. The molecule has 4 nitrogen and oxygen atoms in total. The first-order chi connectivity index (χ1) is 7.18. The molecule has 1 saturated heterocycles. The molecule has 1 amide bonds. The Kier molecular flexibility index (Phi) is 2.77. The molecule has 0 spiro atoms. The average molecular weight is 208 g/mol. The topological polar surface area (TPSA) is 45.5 Å². The third kappa shape index (κ3) is 2.04. The quantitative estimate of drug-likeness (QED) is 0.735. The number of likely N-dealkylation sites (tertiary alicyclic amines) is 1. The van der Waals surface area contributed by atoms with E-state index >= 15 is 0 Å². The lowest BCUT2D eigenvalue weighted by molar-refractivity contribution is 0.0466. The number of aryl methyl sites for hydroxylation is 1. The summed E-state index contributed by atoms with van der Waals surface area (Å²) in [5.41, 5.74) is 0.684. The van der Waals surface area contributed by atoms with Crippen molar-refractivity contribution in [3.05, 3.63) is 24.0 Å². The van der Waals surface area contributed by atoms with E-state index in [0.29, 0.717) is 12.2 Å². The van der Waals surface area contributed by atoms with Crippen LogP contribution in [0.1, 0.15) is 23.3 Å². The number of piperidine rings is 1. The van der Waals surface area contributed by atoms with Crippen LogP contribution in [0.4, 0.5) is 0 Å². The lowest BCUT2D eigenvalue weighted by Crippen LogP contribution is -2.42. The smallest absolute Gasteiger partial charge is 0.270 e. The van der Waals surface area contributed by atoms with Crippen molar-refractivity contribution >= 4 is 5.91 Å². The van der Waals surface area contributed by atoms with Crippen molar-refractivity contribution in [2.24, 2.45) is 7.05 Å². The van der Waals surface area contributed by atoms with E-state index in [1.165, 1.54) is 0 Å². The van der Waals surface area contributed by atoms with Gasteiger partial charge in [0, 0.05) is 26.3 Å². The number of hydrogen-bond acceptors (Lipinski definition) is 2. The molecule has 1 atom stereocenters. The molecular weight excluding hydrogens is 192 g/mol. The Hall–Kier alpha value is -1.29. The fourth-order valence-electron chi connectivity index (χ4n) is 1.98. The van der Waals surface area contributed by atoms with Crippen LogP contribution in [0.5, 0.6) is 0 Å². The molecule has 0 aromatic carbocycles. The predicted molar refractivity (Wildman–Crippen MR) is 56.6 cm³/mol. The van der Waals surface area contributed by atoms with Gasteiger partial charge in [0.25, 0.3) is 5.91 Å². The third-order valence-corrected chi connectivity index (χ3v) is 2.85. The van der Waals surface area contributed by atoms with Crippen molar-refractivity contribution in [2.45, 2.75) is 18.9 Å². The molecule has 1 aliphatic rings. The van der Waals surface area contributed by atoms with Gasteiger partial charge in [-0.25, -0.2) is 0 Å². The van der Waals surface area contributed by atoms with Crippen molar-refractivity contribution < 1.29 is 9.90 Å². The van der Waals surface area contributed by atoms with Crippen molar-refractivity contribution in [1.82, 2.24) is 9.47 Å². The highest BCUT2D eigenvalue weighted by atomic mass is 16.3. The first-order valence-electron chi connectivity index (χ1n) is 5.27. The van der Waals surface area contributed by atoms with E-state index in [0.717, 1.165) is 19.4 Å². The van der Waals surface area contributed by atoms with E-state index < -0.39 is 0 Å². The number of carbonyl (C=O) groups excluding carboxylic acids is 1. The first-order valence-corrected chi connectivity index (χ1v) is 5.27. The van der Waals surface area contributed by atoms with Crippen LogP contribution in [0, 0.1) is 0 Å². The van der Waals surface area contributed by atoms with Gasteiger partial charge in [0.2, 0.25) is 0 Å². The second-order valence-electron chi connectivity index (χ2n) is 4.05. The summed E-state index contributed by atoms with van der Waals surface area (Å²) in [6.45, 7) is 1.21. The second kappa shape index (κ2) is 4.06. The van der Waals surface area contributed by atoms with Crippen LogP contribution < -0.4 is 0 Å². The molecular formula is C11H16N2O2. The first kappa shape index (κ1) is 10.2. The molecule has 0 aliphatic carbocycles. The van der Waals surface area contributed by atoms with Crippen LogP contribution in [-0.4, -0.2) is 39.7 Å². The number of aliphatic hydroxyl groups is 1. The Morgan fingerprint density at radius 2 is 2.40 bits per heavy atom. The molecule has 2 rings (SSSR count). The highest BCUT2D eigenvalue weighted by Crippen LogP contribution is 2.13. The fraction of sp³-hybridized carbons (Fsp3) is 0.545. The lowest BCUT2D eigenvalue weighted by atomic mass is 10.1. The molecule has 1 aliphatic heterocycles. The van der Waals surface area contributed by atoms with Crippen LogP contribution in [-0.2, 0) is 7.05 Å². The number of nitrogens with zero attached hydrogens (tertiary/aromatic N) is 2. The molecule has 0 saturated carbocycles. The number of amides is 1. The number of aliphatic hydroxyl groups excluding tert-OH is 1. The summed E-state index contributed by atoms with van der Waals surface area (Å²) >= 11 is 0. The Morgan fingerprint density at radius 3 is 3.00 bits per heavy atom. The molecule has 4 heteroatoms. The van der Waals surface area contributed by atoms with Gasteiger partial charge < -0.3 is 14.6 Å². The van der Waals surface area contributed by atoms with Gasteiger partial charge in [-0.15, -0.1) is 0 Å². The minimum Gasteiger partial charge on any atom is -0.391 e. The van der Waals surface area contributed by atoms with Gasteiger partial charge >= 0.3 is 0 Å². The van der Waals surface area contributed by atoms with E-state index in [1.807, 2.05) is 29.9 Å². The summed E-state index contributed by atoms with van der Waals surface area (Å²) in [5, 5.41) is 9.49. The highest BCUT2D eigenvalue weighted by molar-refractivity contribution is 5.92. The molecule has 1 unspecified atom stereocenters. The molecule has 0 radical (unpaired) electrons. The van der Waals surface area contributed by atoms with Gasteiger partial charge in [-0.2, -0.15) is 0 Å². The Bertz CT molecular complexity index is 359. The van der Waals surface area contributed by atoms with Crippen molar-refractivity contribution in [3.8, 4) is 0 Å². The van der Waals surface area contributed by atoms with Crippen molar-refractivity contribution in [3.63, 3.8) is 0 Å². The highest BCUT2D eigenvalue weighted by Gasteiger charge is 2.23. The molecule has 82 valence electrons. The summed E-state index contributed by atoms with van der Waals surface area (Å²) in [6.07, 6.45) is 3.19. The van der Waals surface area contributed by atoms with Gasteiger partial charge in [0.15, 0.2) is 0 Å². The summed E-state index contributed by atoms with van der Waals surface area (Å²) in [5.74, 6) is 0.0150. The fourth-order valence-corrected chi connectivity index (χ4v) is 1.98. The maximum Gasteiger partial charge on any atom is 0.270 e. The lowest BCUT2D eigenvalue weighted by Gasteiger charge is -2.30. The Labute approximate surface area is 89.1 Å². The van der Waals surface area contributed by atoms with Crippen LogP contribution in [0.2, 0.25) is 0 Å². The van der Waals surface area contributed by atoms with Crippen LogP contribution >= 0.6 is 0 Å².